The van der Waals surface area contributed by atoms with Gasteiger partial charge in [-0.05, 0) is 36.8 Å². The van der Waals surface area contributed by atoms with E-state index in [1.165, 1.54) is 0 Å². The zero-order valence-corrected chi connectivity index (χ0v) is 24.6. The molecule has 1 fully saturated rings. The van der Waals surface area contributed by atoms with Crippen LogP contribution >= 0.6 is 0 Å². The Kier molecular flexibility index (Phi) is 9.44. The number of carbonyl (C=O) groups is 3. The van der Waals surface area contributed by atoms with Gasteiger partial charge in [0.05, 0.1) is 0 Å². The number of urea groups is 1. The molecule has 1 saturated heterocycles. The van der Waals surface area contributed by atoms with Crippen LogP contribution in [0.15, 0.2) is 65.2 Å². The first kappa shape index (κ1) is 29.9. The molecule has 10 nitrogen and oxygen atoms in total. The number of carboxylic acid groups (broad SMARTS) is 1. The summed E-state index contributed by atoms with van der Waals surface area (Å²) in [5.74, 6) is -1.27. The second-order valence-electron chi connectivity index (χ2n) is 11.6. The predicted octanol–water partition coefficient (Wildman–Crippen LogP) is 5.92. The van der Waals surface area contributed by atoms with Crippen molar-refractivity contribution in [2.24, 2.45) is 5.92 Å². The standard InChI is InChI=1S/C33H39N5O5/c1-21(2)18-26(36-33(42)38-16-10-3-4-11-17-38)30(39)35-27(19-23-20-34-25-15-9-8-14-24(23)25)31-37-28(32(40)41)29(43-31)22-12-6-5-7-13-22/h5-9,12-15,20-21,26-27,34H,3-4,10-11,16-19H2,1-2H3,(H,35,39)(H,36,42)(H,40,41)/t26-,27+/m0/s1. The van der Waals surface area contributed by atoms with E-state index >= 15 is 0 Å². The number of hydrogen-bond donors (Lipinski definition) is 4. The molecule has 0 aliphatic carbocycles. The van der Waals surface area contributed by atoms with E-state index in [1.54, 1.807) is 29.2 Å². The Morgan fingerprint density at radius 3 is 2.37 bits per heavy atom. The van der Waals surface area contributed by atoms with Crippen LogP contribution in [-0.2, 0) is 11.2 Å². The van der Waals surface area contributed by atoms with Crippen molar-refractivity contribution in [1.29, 1.82) is 0 Å². The van der Waals surface area contributed by atoms with E-state index in [1.807, 2.05) is 50.4 Å². The number of benzene rings is 2. The van der Waals surface area contributed by atoms with Crippen LogP contribution in [0.4, 0.5) is 4.79 Å². The number of hydrogen-bond acceptors (Lipinski definition) is 5. The number of oxazole rings is 1. The largest absolute Gasteiger partial charge is 0.476 e. The third-order valence-corrected chi connectivity index (χ3v) is 7.81. The average Bonchev–Trinajstić information content (AvgIpc) is 3.52. The third-order valence-electron chi connectivity index (χ3n) is 7.81. The van der Waals surface area contributed by atoms with Crippen molar-refractivity contribution in [1.82, 2.24) is 25.5 Å². The highest BCUT2D eigenvalue weighted by molar-refractivity contribution is 5.92. The Hall–Kier alpha value is -4.60. The fraction of sp³-hybridized carbons (Fsp3) is 0.394. The van der Waals surface area contributed by atoms with E-state index in [0.717, 1.165) is 42.1 Å². The Bertz CT molecular complexity index is 1550. The van der Waals surface area contributed by atoms with Crippen LogP contribution in [0.5, 0.6) is 0 Å². The molecule has 2 aromatic carbocycles. The van der Waals surface area contributed by atoms with E-state index in [4.69, 9.17) is 4.42 Å². The number of aromatic carboxylic acids is 1. The Morgan fingerprint density at radius 2 is 1.67 bits per heavy atom. The van der Waals surface area contributed by atoms with E-state index in [0.29, 0.717) is 25.1 Å². The molecule has 5 rings (SSSR count). The van der Waals surface area contributed by atoms with E-state index in [9.17, 15) is 19.5 Å². The summed E-state index contributed by atoms with van der Waals surface area (Å²) in [5.41, 5.74) is 2.19. The van der Waals surface area contributed by atoms with Gasteiger partial charge in [0, 0.05) is 42.2 Å². The summed E-state index contributed by atoms with van der Waals surface area (Å²) in [6, 6.07) is 14.9. The number of para-hydroxylation sites is 1. The maximum absolute atomic E-state index is 13.9. The lowest BCUT2D eigenvalue weighted by Crippen LogP contribution is -2.52. The molecule has 43 heavy (non-hydrogen) atoms. The Labute approximate surface area is 250 Å². The van der Waals surface area contributed by atoms with Gasteiger partial charge in [0.1, 0.15) is 12.1 Å². The van der Waals surface area contributed by atoms with Gasteiger partial charge in [-0.3, -0.25) is 4.79 Å². The van der Waals surface area contributed by atoms with Crippen molar-refractivity contribution >= 4 is 28.8 Å². The SMILES string of the molecule is CC(C)C[C@H](NC(=O)N1CCCCCC1)C(=O)N[C@H](Cc1c[nH]c2ccccc12)c1nc(C(=O)O)c(-c2ccccc2)o1. The molecule has 3 heterocycles. The summed E-state index contributed by atoms with van der Waals surface area (Å²) in [6.07, 6.45) is 6.67. The molecule has 0 spiro atoms. The first-order chi connectivity index (χ1) is 20.8. The average molecular weight is 586 g/mol. The number of aromatic amines is 1. The summed E-state index contributed by atoms with van der Waals surface area (Å²) in [4.78, 5) is 48.7. The number of amides is 3. The highest BCUT2D eigenvalue weighted by Crippen LogP contribution is 2.30. The number of fused-ring (bicyclic) bond motifs is 1. The molecular weight excluding hydrogens is 546 g/mol. The molecule has 1 aliphatic heterocycles. The van der Waals surface area contributed by atoms with E-state index in [2.05, 4.69) is 20.6 Å². The summed E-state index contributed by atoms with van der Waals surface area (Å²) in [7, 11) is 0. The second-order valence-corrected chi connectivity index (χ2v) is 11.6. The molecule has 0 unspecified atom stereocenters. The quantitative estimate of drug-likeness (QED) is 0.182. The topological polar surface area (TPSA) is 141 Å². The molecule has 1 aliphatic rings. The van der Waals surface area contributed by atoms with Crippen LogP contribution in [0.25, 0.3) is 22.2 Å². The lowest BCUT2D eigenvalue weighted by molar-refractivity contribution is -0.124. The van der Waals surface area contributed by atoms with Crippen LogP contribution in [0.1, 0.15) is 73.9 Å². The zero-order valence-electron chi connectivity index (χ0n) is 24.6. The van der Waals surface area contributed by atoms with Crippen molar-refractivity contribution in [2.75, 3.05) is 13.1 Å². The number of carboxylic acids is 1. The van der Waals surface area contributed by atoms with E-state index < -0.39 is 18.1 Å². The summed E-state index contributed by atoms with van der Waals surface area (Å²) in [5, 5.41) is 17.0. The predicted molar refractivity (Wildman–Crippen MR) is 164 cm³/mol. The molecule has 0 saturated carbocycles. The maximum Gasteiger partial charge on any atom is 0.358 e. The molecule has 4 N–H and O–H groups in total. The fourth-order valence-electron chi connectivity index (χ4n) is 5.63. The number of aromatic nitrogens is 2. The number of carbonyl (C=O) groups excluding carboxylic acids is 2. The number of rotatable bonds is 10. The summed E-state index contributed by atoms with van der Waals surface area (Å²) in [6.45, 7) is 5.34. The van der Waals surface area contributed by atoms with Gasteiger partial charge in [-0.1, -0.05) is 75.2 Å². The number of H-pyrrole nitrogens is 1. The number of nitrogens with one attached hydrogen (secondary N) is 3. The normalized spacial score (nSPS) is 15.2. The maximum atomic E-state index is 13.9. The summed E-state index contributed by atoms with van der Waals surface area (Å²) < 4.78 is 6.12. The monoisotopic (exact) mass is 585 g/mol. The summed E-state index contributed by atoms with van der Waals surface area (Å²) >= 11 is 0. The van der Waals surface area contributed by atoms with Gasteiger partial charge in [-0.25, -0.2) is 14.6 Å². The van der Waals surface area contributed by atoms with Crippen LogP contribution in [0.2, 0.25) is 0 Å². The number of likely N-dealkylation sites (tertiary alicyclic amines) is 1. The van der Waals surface area contributed by atoms with Crippen LogP contribution < -0.4 is 10.6 Å². The van der Waals surface area contributed by atoms with Gasteiger partial charge in [-0.2, -0.15) is 0 Å². The van der Waals surface area contributed by atoms with Crippen LogP contribution in [0.3, 0.4) is 0 Å². The minimum atomic E-state index is -1.23. The van der Waals surface area contributed by atoms with Crippen molar-refractivity contribution in [3.63, 3.8) is 0 Å². The van der Waals surface area contributed by atoms with Gasteiger partial charge >= 0.3 is 12.0 Å². The highest BCUT2D eigenvalue weighted by Gasteiger charge is 2.31. The van der Waals surface area contributed by atoms with Gasteiger partial charge in [0.25, 0.3) is 0 Å². The molecule has 4 aromatic rings. The molecule has 0 radical (unpaired) electrons. The zero-order chi connectivity index (χ0) is 30.3. The van der Waals surface area contributed by atoms with Gasteiger partial charge in [-0.15, -0.1) is 0 Å². The fourth-order valence-corrected chi connectivity index (χ4v) is 5.63. The molecule has 2 atom stereocenters. The Morgan fingerprint density at radius 1 is 0.977 bits per heavy atom. The first-order valence-corrected chi connectivity index (χ1v) is 15.0. The smallest absolute Gasteiger partial charge is 0.358 e. The van der Waals surface area contributed by atoms with Crippen molar-refractivity contribution in [3.05, 3.63) is 77.9 Å². The van der Waals surface area contributed by atoms with Crippen molar-refractivity contribution in [2.45, 2.75) is 64.5 Å². The highest BCUT2D eigenvalue weighted by atomic mass is 16.4. The lowest BCUT2D eigenvalue weighted by atomic mass is 10.0. The minimum Gasteiger partial charge on any atom is -0.476 e. The van der Waals surface area contributed by atoms with Crippen LogP contribution in [0, 0.1) is 5.92 Å². The van der Waals surface area contributed by atoms with Gasteiger partial charge in [0.2, 0.25) is 11.8 Å². The molecule has 226 valence electrons. The van der Waals surface area contributed by atoms with Gasteiger partial charge in [0.15, 0.2) is 11.5 Å². The third kappa shape index (κ3) is 7.25. The van der Waals surface area contributed by atoms with Crippen molar-refractivity contribution in [3.8, 4) is 11.3 Å². The van der Waals surface area contributed by atoms with Crippen LogP contribution in [-0.4, -0.2) is 57.0 Å². The first-order valence-electron chi connectivity index (χ1n) is 15.0. The lowest BCUT2D eigenvalue weighted by Gasteiger charge is -2.27. The molecule has 10 heteroatoms. The molecular formula is C33H39N5O5. The molecule has 0 bridgehead atoms. The molecule has 3 amide bonds. The van der Waals surface area contributed by atoms with Crippen molar-refractivity contribution < 1.29 is 23.9 Å². The number of nitrogens with zero attached hydrogens (tertiary/aromatic N) is 2. The van der Waals surface area contributed by atoms with Gasteiger partial charge < -0.3 is 30.0 Å². The van der Waals surface area contributed by atoms with E-state index in [-0.39, 0.29) is 41.6 Å². The Balaban J connectivity index is 1.47. The minimum absolute atomic E-state index is 0.0806. The molecule has 2 aromatic heterocycles. The second kappa shape index (κ2) is 13.6.